The molecule has 3 nitrogen and oxygen atoms in total. The van der Waals surface area contributed by atoms with Crippen molar-refractivity contribution in [1.29, 1.82) is 0 Å². The zero-order chi connectivity index (χ0) is 9.64. The van der Waals surface area contributed by atoms with E-state index in [-0.39, 0.29) is 11.5 Å². The van der Waals surface area contributed by atoms with Crippen molar-refractivity contribution >= 4 is 0 Å². The summed E-state index contributed by atoms with van der Waals surface area (Å²) in [6, 6.07) is 2.39. The van der Waals surface area contributed by atoms with E-state index in [1.54, 1.807) is 0 Å². The molecular formula is C10H17N3. The molecule has 1 unspecified atom stereocenters. The first-order chi connectivity index (χ1) is 6.06. The van der Waals surface area contributed by atoms with E-state index in [4.69, 9.17) is 5.73 Å². The lowest BCUT2D eigenvalue weighted by atomic mass is 9.94. The maximum atomic E-state index is 5.97. The van der Waals surface area contributed by atoms with Gasteiger partial charge in [0, 0.05) is 24.2 Å². The van der Waals surface area contributed by atoms with Crippen LogP contribution >= 0.6 is 0 Å². The summed E-state index contributed by atoms with van der Waals surface area (Å²) in [5.41, 5.74) is 8.57. The van der Waals surface area contributed by atoms with E-state index in [0.717, 1.165) is 0 Å². The van der Waals surface area contributed by atoms with E-state index in [1.807, 2.05) is 11.7 Å². The van der Waals surface area contributed by atoms with Gasteiger partial charge >= 0.3 is 0 Å². The Labute approximate surface area is 78.9 Å². The molecule has 1 saturated carbocycles. The number of nitrogens with two attached hydrogens (primary N) is 1. The lowest BCUT2D eigenvalue weighted by molar-refractivity contribution is 0.532. The zero-order valence-corrected chi connectivity index (χ0v) is 8.54. The SMILES string of the molecule is Cc1cc(C2(C(C)N)CC2)nn1C. The van der Waals surface area contributed by atoms with Crippen molar-refractivity contribution in [2.45, 2.75) is 38.1 Å². The van der Waals surface area contributed by atoms with Gasteiger partial charge < -0.3 is 5.73 Å². The van der Waals surface area contributed by atoms with Crippen LogP contribution in [0.2, 0.25) is 0 Å². The zero-order valence-electron chi connectivity index (χ0n) is 8.54. The van der Waals surface area contributed by atoms with Crippen molar-refractivity contribution in [2.75, 3.05) is 0 Å². The van der Waals surface area contributed by atoms with Crippen molar-refractivity contribution in [3.63, 3.8) is 0 Å². The first-order valence-electron chi connectivity index (χ1n) is 4.83. The first kappa shape index (κ1) is 8.75. The van der Waals surface area contributed by atoms with Crippen LogP contribution in [-0.4, -0.2) is 15.8 Å². The Morgan fingerprint density at radius 2 is 2.23 bits per heavy atom. The summed E-state index contributed by atoms with van der Waals surface area (Å²) in [7, 11) is 1.98. The van der Waals surface area contributed by atoms with Crippen LogP contribution in [0.25, 0.3) is 0 Å². The molecule has 0 saturated heterocycles. The third-order valence-electron chi connectivity index (χ3n) is 3.28. The van der Waals surface area contributed by atoms with Crippen molar-refractivity contribution in [3.8, 4) is 0 Å². The van der Waals surface area contributed by atoms with Gasteiger partial charge in [-0.25, -0.2) is 0 Å². The van der Waals surface area contributed by atoms with Crippen LogP contribution in [0.5, 0.6) is 0 Å². The topological polar surface area (TPSA) is 43.8 Å². The molecule has 1 fully saturated rings. The second-order valence-corrected chi connectivity index (χ2v) is 4.24. The Morgan fingerprint density at radius 1 is 1.62 bits per heavy atom. The Kier molecular flexibility index (Phi) is 1.74. The fourth-order valence-electron chi connectivity index (χ4n) is 1.88. The molecule has 0 aromatic carbocycles. The summed E-state index contributed by atoms with van der Waals surface area (Å²) in [6.07, 6.45) is 2.39. The summed E-state index contributed by atoms with van der Waals surface area (Å²) in [6.45, 7) is 4.16. The van der Waals surface area contributed by atoms with E-state index in [1.165, 1.54) is 24.2 Å². The Balaban J connectivity index is 2.36. The quantitative estimate of drug-likeness (QED) is 0.739. The molecule has 3 heteroatoms. The van der Waals surface area contributed by atoms with Gasteiger partial charge in [0.05, 0.1) is 5.69 Å². The molecule has 1 aliphatic carbocycles. The minimum atomic E-state index is 0.200. The number of nitrogens with zero attached hydrogens (tertiary/aromatic N) is 2. The lowest BCUT2D eigenvalue weighted by Gasteiger charge is -2.16. The highest BCUT2D eigenvalue weighted by atomic mass is 15.3. The highest BCUT2D eigenvalue weighted by Crippen LogP contribution is 2.49. The Morgan fingerprint density at radius 3 is 2.54 bits per heavy atom. The second kappa shape index (κ2) is 2.58. The molecule has 2 N–H and O–H groups in total. The highest BCUT2D eigenvalue weighted by molar-refractivity contribution is 5.28. The van der Waals surface area contributed by atoms with Gasteiger partial charge in [-0.1, -0.05) is 0 Å². The summed E-state index contributed by atoms with van der Waals surface area (Å²) < 4.78 is 1.93. The number of hydrogen-bond acceptors (Lipinski definition) is 2. The van der Waals surface area contributed by atoms with Crippen LogP contribution in [0.4, 0.5) is 0 Å². The van der Waals surface area contributed by atoms with Gasteiger partial charge in [-0.15, -0.1) is 0 Å². The molecule has 1 atom stereocenters. The van der Waals surface area contributed by atoms with Crippen molar-refractivity contribution in [2.24, 2.45) is 12.8 Å². The van der Waals surface area contributed by atoms with Gasteiger partial charge in [-0.2, -0.15) is 5.10 Å². The monoisotopic (exact) mass is 179 g/mol. The van der Waals surface area contributed by atoms with Crippen LogP contribution in [-0.2, 0) is 12.5 Å². The number of hydrogen-bond donors (Lipinski definition) is 1. The van der Waals surface area contributed by atoms with Crippen LogP contribution in [0, 0.1) is 6.92 Å². The minimum absolute atomic E-state index is 0.200. The largest absolute Gasteiger partial charge is 0.327 e. The maximum Gasteiger partial charge on any atom is 0.0704 e. The van der Waals surface area contributed by atoms with Gasteiger partial charge in [0.15, 0.2) is 0 Å². The van der Waals surface area contributed by atoms with Crippen molar-refractivity contribution in [3.05, 3.63) is 17.5 Å². The van der Waals surface area contributed by atoms with Gasteiger partial charge in [0.2, 0.25) is 0 Å². The fraction of sp³-hybridized carbons (Fsp3) is 0.700. The smallest absolute Gasteiger partial charge is 0.0704 e. The minimum Gasteiger partial charge on any atom is -0.327 e. The molecule has 1 aliphatic rings. The standard InChI is InChI=1S/C10H17N3/c1-7-6-9(12-13(7)3)10(4-5-10)8(2)11/h6,8H,4-5,11H2,1-3H3. The van der Waals surface area contributed by atoms with E-state index in [0.29, 0.717) is 0 Å². The molecule has 0 amide bonds. The number of rotatable bonds is 2. The molecule has 1 heterocycles. The van der Waals surface area contributed by atoms with Crippen LogP contribution in [0.15, 0.2) is 6.07 Å². The van der Waals surface area contributed by atoms with E-state index < -0.39 is 0 Å². The third kappa shape index (κ3) is 1.18. The van der Waals surface area contributed by atoms with Gasteiger partial charge in [0.25, 0.3) is 0 Å². The normalized spacial score (nSPS) is 21.5. The average Bonchev–Trinajstić information content (AvgIpc) is 2.77. The first-order valence-corrected chi connectivity index (χ1v) is 4.83. The molecular weight excluding hydrogens is 162 g/mol. The molecule has 0 bridgehead atoms. The molecule has 1 aromatic heterocycles. The van der Waals surface area contributed by atoms with Crippen molar-refractivity contribution in [1.82, 2.24) is 9.78 Å². The average molecular weight is 179 g/mol. The van der Waals surface area contributed by atoms with E-state index in [2.05, 4.69) is 25.0 Å². The van der Waals surface area contributed by atoms with Gasteiger partial charge in [-0.3, -0.25) is 4.68 Å². The fourth-order valence-corrected chi connectivity index (χ4v) is 1.88. The Bertz CT molecular complexity index is 301. The maximum absolute atomic E-state index is 5.97. The molecule has 0 radical (unpaired) electrons. The predicted molar refractivity (Wildman–Crippen MR) is 52.5 cm³/mol. The lowest BCUT2D eigenvalue weighted by Crippen LogP contribution is -2.32. The van der Waals surface area contributed by atoms with E-state index >= 15 is 0 Å². The van der Waals surface area contributed by atoms with E-state index in [9.17, 15) is 0 Å². The predicted octanol–water partition coefficient (Wildman–Crippen LogP) is 1.11. The number of aromatic nitrogens is 2. The molecule has 2 rings (SSSR count). The molecule has 1 aromatic rings. The van der Waals surface area contributed by atoms with Gasteiger partial charge in [0.1, 0.15) is 0 Å². The molecule has 0 spiro atoms. The van der Waals surface area contributed by atoms with Crippen LogP contribution in [0.1, 0.15) is 31.2 Å². The summed E-state index contributed by atoms with van der Waals surface area (Å²) in [4.78, 5) is 0. The Hall–Kier alpha value is -0.830. The molecule has 72 valence electrons. The summed E-state index contributed by atoms with van der Waals surface area (Å²) in [5, 5.41) is 4.50. The highest BCUT2D eigenvalue weighted by Gasteiger charge is 2.49. The van der Waals surface area contributed by atoms with Crippen LogP contribution < -0.4 is 5.73 Å². The summed E-state index contributed by atoms with van der Waals surface area (Å²) >= 11 is 0. The number of aryl methyl sites for hydroxylation is 2. The molecule has 13 heavy (non-hydrogen) atoms. The third-order valence-corrected chi connectivity index (χ3v) is 3.28. The van der Waals surface area contributed by atoms with Crippen LogP contribution in [0.3, 0.4) is 0 Å². The van der Waals surface area contributed by atoms with Crippen molar-refractivity contribution < 1.29 is 0 Å². The van der Waals surface area contributed by atoms with Gasteiger partial charge in [-0.05, 0) is 32.8 Å². The molecule has 0 aliphatic heterocycles. The summed E-state index contributed by atoms with van der Waals surface area (Å²) in [5.74, 6) is 0. The second-order valence-electron chi connectivity index (χ2n) is 4.24.